The molecule has 0 saturated carbocycles. The Morgan fingerprint density at radius 3 is 1.76 bits per heavy atom. The number of aliphatic hydroxyl groups excluding tert-OH is 8. The fourth-order valence-corrected chi connectivity index (χ4v) is 9.77. The molecule has 1 aromatic rings. The number of amides is 8. The average Bonchev–Trinajstić information content (AvgIpc) is 3.95. The highest BCUT2D eigenvalue weighted by molar-refractivity contribution is 5.98. The van der Waals surface area contributed by atoms with Gasteiger partial charge < -0.3 is 88.1 Å². The Kier molecular flexibility index (Phi) is 24.1. The van der Waals surface area contributed by atoms with Crippen molar-refractivity contribution in [3.8, 4) is 5.75 Å². The van der Waals surface area contributed by atoms with Crippen molar-refractivity contribution in [2.45, 2.75) is 203 Å². The van der Waals surface area contributed by atoms with Crippen LogP contribution in [0, 0.1) is 11.8 Å². The second kappa shape index (κ2) is 29.1. The van der Waals surface area contributed by atoms with Gasteiger partial charge in [0.15, 0.2) is 6.23 Å². The maximum Gasteiger partial charge on any atom is 0.248 e. The molecule has 3 aliphatic heterocycles. The summed E-state index contributed by atoms with van der Waals surface area (Å²) >= 11 is 0. The molecule has 0 bridgehead atoms. The van der Waals surface area contributed by atoms with E-state index in [1.54, 1.807) is 0 Å². The van der Waals surface area contributed by atoms with Gasteiger partial charge >= 0.3 is 0 Å². The molecular weight excluding hydrogens is 985 g/mol. The summed E-state index contributed by atoms with van der Waals surface area (Å²) in [6, 6.07) is -7.16. The number of benzene rings is 1. The minimum Gasteiger partial charge on any atom is -0.508 e. The van der Waals surface area contributed by atoms with E-state index < -0.39 is 171 Å². The predicted octanol–water partition coefficient (Wildman–Crippen LogP) is -3.34. The van der Waals surface area contributed by atoms with Crippen molar-refractivity contribution in [1.29, 1.82) is 0 Å². The Morgan fingerprint density at radius 1 is 0.680 bits per heavy atom. The van der Waals surface area contributed by atoms with Gasteiger partial charge in [0.05, 0.1) is 30.8 Å². The van der Waals surface area contributed by atoms with Crippen LogP contribution in [0.1, 0.15) is 129 Å². The first-order chi connectivity index (χ1) is 35.3. The molecule has 16 N–H and O–H groups in total. The quantitative estimate of drug-likeness (QED) is 0.0568. The number of nitrogens with two attached hydrogens (primary N) is 1. The first kappa shape index (κ1) is 62.0. The number of aliphatic hydroxyl groups is 8. The monoisotopic (exact) mass is 1060 g/mol. The highest BCUT2D eigenvalue weighted by Crippen LogP contribution is 2.27. The van der Waals surface area contributed by atoms with E-state index in [0.717, 1.165) is 74.6 Å². The molecule has 0 radical (unpaired) electrons. The number of nitrogens with zero attached hydrogens (tertiary/aromatic N) is 2. The second-order valence-corrected chi connectivity index (χ2v) is 20.6. The molecule has 0 aromatic heterocycles. The van der Waals surface area contributed by atoms with Gasteiger partial charge in [0.1, 0.15) is 60.3 Å². The molecular formula is C50H80N8O17. The zero-order valence-electron chi connectivity index (χ0n) is 43.1. The molecule has 16 atom stereocenters. The van der Waals surface area contributed by atoms with E-state index in [2.05, 4.69) is 47.4 Å². The molecule has 3 saturated heterocycles. The molecule has 75 heavy (non-hydrogen) atoms. The predicted molar refractivity (Wildman–Crippen MR) is 265 cm³/mol. The van der Waals surface area contributed by atoms with Gasteiger partial charge in [0.2, 0.25) is 47.3 Å². The van der Waals surface area contributed by atoms with Crippen molar-refractivity contribution in [2.75, 3.05) is 13.1 Å². The maximum atomic E-state index is 14.4. The molecule has 3 fully saturated rings. The summed E-state index contributed by atoms with van der Waals surface area (Å²) in [5.74, 6) is -8.48. The van der Waals surface area contributed by atoms with Crippen LogP contribution in [0.2, 0.25) is 0 Å². The minimum absolute atomic E-state index is 0.0751. The van der Waals surface area contributed by atoms with Crippen LogP contribution in [0.4, 0.5) is 0 Å². The van der Waals surface area contributed by atoms with Gasteiger partial charge in [-0.05, 0) is 49.3 Å². The van der Waals surface area contributed by atoms with Gasteiger partial charge in [0, 0.05) is 38.8 Å². The SMILES string of the molecule is CC[C@H](C)C[C@H](C)CCCCCCCCC(=O)N[C@H]1C[C@@H](O)[C@@H](O)NC(=O)[C@@H]2C[C@@H](O)CN2C(=O)[C@H]([C@H](O)CC(N)=O)NC(=O)[C@H]([C@H](O)[C@@H](O)c2ccc(O)cc2)NC(=O)[C@@H]2C[C@@H](O)CN2C(=O)[C@H]([C@@H](C)O)NC1=O. The Labute approximate surface area is 436 Å². The van der Waals surface area contributed by atoms with E-state index in [-0.39, 0.29) is 17.7 Å². The Bertz CT molecular complexity index is 2100. The number of phenols is 1. The van der Waals surface area contributed by atoms with E-state index in [9.17, 15) is 84.3 Å². The Hall–Kier alpha value is -5.54. The Morgan fingerprint density at radius 2 is 1.20 bits per heavy atom. The van der Waals surface area contributed by atoms with Crippen LogP contribution < -0.4 is 32.3 Å². The standard InChI is InChI=1S/C50H80N8O17/c1-5-25(2)18-26(3)12-10-8-6-7-9-11-13-38(66)52-32-21-36(64)47(72)56-46(71)34-20-31(62)24-58(34)50(75)40(35(63)22-37(51)65)54-48(73)41(43(68)42(67)28-14-16-29(60)17-15-28)55-45(70)33-19-30(61)23-57(33)49(74)39(27(4)59)53-44(32)69/h14-17,25-27,30-36,39-43,47,59-64,67-68,72H,5-13,18-24H2,1-4H3,(H2,51,65)(H,52,66)(H,53,69)(H,54,73)(H,55,70)(H,56,71)/t25-,26+,27+,30+,31+,32-,33-,34-,35+,36+,39-,40-,41-,42-,43-,47+/m0/s1. The lowest BCUT2D eigenvalue weighted by Crippen LogP contribution is -2.64. The van der Waals surface area contributed by atoms with Crippen LogP contribution in [-0.4, -0.2) is 195 Å². The third-order valence-electron chi connectivity index (χ3n) is 14.3. The van der Waals surface area contributed by atoms with Crippen LogP contribution in [0.25, 0.3) is 0 Å². The number of carbonyl (C=O) groups is 8. The maximum absolute atomic E-state index is 14.4. The molecule has 0 spiro atoms. The van der Waals surface area contributed by atoms with Gasteiger partial charge in [-0.2, -0.15) is 0 Å². The van der Waals surface area contributed by atoms with Gasteiger partial charge in [-0.3, -0.25) is 38.4 Å². The molecule has 422 valence electrons. The lowest BCUT2D eigenvalue weighted by Gasteiger charge is -2.34. The topological polar surface area (TPSA) is 411 Å². The highest BCUT2D eigenvalue weighted by atomic mass is 16.3. The zero-order chi connectivity index (χ0) is 55.8. The number of rotatable bonds is 20. The van der Waals surface area contributed by atoms with Crippen LogP contribution in [-0.2, 0) is 38.4 Å². The van der Waals surface area contributed by atoms with Crippen molar-refractivity contribution < 1.29 is 84.3 Å². The number of hydrogen-bond donors (Lipinski definition) is 15. The molecule has 3 aliphatic rings. The van der Waals surface area contributed by atoms with Crippen molar-refractivity contribution >= 4 is 47.3 Å². The third-order valence-corrected chi connectivity index (χ3v) is 14.3. The first-order valence-electron chi connectivity index (χ1n) is 26.0. The second-order valence-electron chi connectivity index (χ2n) is 20.6. The summed E-state index contributed by atoms with van der Waals surface area (Å²) in [6.45, 7) is 6.57. The van der Waals surface area contributed by atoms with E-state index in [1.165, 1.54) is 6.42 Å². The summed E-state index contributed by atoms with van der Waals surface area (Å²) in [7, 11) is 0. The zero-order valence-corrected chi connectivity index (χ0v) is 43.1. The summed E-state index contributed by atoms with van der Waals surface area (Å²) in [4.78, 5) is 112. The van der Waals surface area contributed by atoms with Crippen LogP contribution in [0.3, 0.4) is 0 Å². The van der Waals surface area contributed by atoms with Crippen molar-refractivity contribution in [1.82, 2.24) is 36.4 Å². The summed E-state index contributed by atoms with van der Waals surface area (Å²) in [5.41, 5.74) is 5.21. The number of fused-ring (bicyclic) bond motifs is 2. The number of primary amides is 1. The molecule has 8 amide bonds. The highest BCUT2D eigenvalue weighted by Gasteiger charge is 2.48. The minimum atomic E-state index is -2.36. The first-order valence-corrected chi connectivity index (χ1v) is 26.0. The average molecular weight is 1070 g/mol. The van der Waals surface area contributed by atoms with Gasteiger partial charge in [-0.25, -0.2) is 0 Å². The third kappa shape index (κ3) is 18.0. The van der Waals surface area contributed by atoms with E-state index in [1.807, 2.05) is 0 Å². The molecule has 1 aromatic carbocycles. The fourth-order valence-electron chi connectivity index (χ4n) is 9.77. The number of nitrogens with one attached hydrogen (secondary N) is 5. The van der Waals surface area contributed by atoms with E-state index >= 15 is 0 Å². The van der Waals surface area contributed by atoms with Crippen molar-refractivity contribution in [2.24, 2.45) is 17.6 Å². The number of carbonyl (C=O) groups excluding carboxylic acids is 8. The van der Waals surface area contributed by atoms with Gasteiger partial charge in [-0.1, -0.05) is 77.8 Å². The molecule has 0 unspecified atom stereocenters. The van der Waals surface area contributed by atoms with Crippen molar-refractivity contribution in [3.05, 3.63) is 29.8 Å². The molecule has 25 nitrogen and oxygen atoms in total. The van der Waals surface area contributed by atoms with E-state index in [0.29, 0.717) is 29.6 Å². The molecule has 3 heterocycles. The summed E-state index contributed by atoms with van der Waals surface area (Å²) in [5, 5.41) is 110. The number of hydrogen-bond acceptors (Lipinski definition) is 17. The normalized spacial score (nSPS) is 29.0. The number of unbranched alkanes of at least 4 members (excludes halogenated alkanes) is 5. The Balaban J connectivity index is 1.69. The van der Waals surface area contributed by atoms with Crippen LogP contribution in [0.5, 0.6) is 5.75 Å². The van der Waals surface area contributed by atoms with E-state index in [4.69, 9.17) is 5.73 Å². The molecule has 4 rings (SSSR count). The van der Waals surface area contributed by atoms with Crippen LogP contribution >= 0.6 is 0 Å². The lowest BCUT2D eigenvalue weighted by molar-refractivity contribution is -0.148. The summed E-state index contributed by atoms with van der Waals surface area (Å²) < 4.78 is 0. The summed E-state index contributed by atoms with van der Waals surface area (Å²) in [6.07, 6.45) is -10.0. The number of phenolic OH excluding ortho intramolecular Hbond substituents is 1. The molecule has 25 heteroatoms. The van der Waals surface area contributed by atoms with Gasteiger partial charge in [-0.15, -0.1) is 0 Å². The lowest BCUT2D eigenvalue weighted by atomic mass is 9.91. The number of aromatic hydroxyl groups is 1. The largest absolute Gasteiger partial charge is 0.508 e. The van der Waals surface area contributed by atoms with Gasteiger partial charge in [0.25, 0.3) is 0 Å². The van der Waals surface area contributed by atoms with Crippen LogP contribution in [0.15, 0.2) is 24.3 Å². The molecule has 0 aliphatic carbocycles. The smallest absolute Gasteiger partial charge is 0.248 e. The van der Waals surface area contributed by atoms with Crippen molar-refractivity contribution in [3.63, 3.8) is 0 Å². The fraction of sp³-hybridized carbons (Fsp3) is 0.720.